The summed E-state index contributed by atoms with van der Waals surface area (Å²) in [5, 5.41) is 12.2. The summed E-state index contributed by atoms with van der Waals surface area (Å²) in [7, 11) is -3.65. The Bertz CT molecular complexity index is 1150. The molecule has 162 valence electrons. The van der Waals surface area contributed by atoms with Crippen molar-refractivity contribution in [1.82, 2.24) is 4.31 Å². The van der Waals surface area contributed by atoms with Crippen molar-refractivity contribution >= 4 is 21.6 Å². The first-order valence-electron chi connectivity index (χ1n) is 10.7. The highest BCUT2D eigenvalue weighted by atomic mass is 32.2. The molecule has 2 fully saturated rings. The van der Waals surface area contributed by atoms with Crippen molar-refractivity contribution in [2.75, 3.05) is 18.4 Å². The van der Waals surface area contributed by atoms with Crippen LogP contribution in [0, 0.1) is 31.1 Å². The van der Waals surface area contributed by atoms with E-state index in [-0.39, 0.29) is 17.9 Å². The number of nitrogens with one attached hydrogen (secondary N) is 1. The van der Waals surface area contributed by atoms with Crippen LogP contribution in [-0.2, 0) is 20.2 Å². The smallest absolute Gasteiger partial charge is 0.243 e. The van der Waals surface area contributed by atoms with Gasteiger partial charge >= 0.3 is 0 Å². The molecule has 0 radical (unpaired) electrons. The van der Waals surface area contributed by atoms with Gasteiger partial charge in [0.05, 0.1) is 22.3 Å². The monoisotopic (exact) mass is 437 g/mol. The lowest BCUT2D eigenvalue weighted by Crippen LogP contribution is -2.43. The number of aryl methyl sites for hydroxylation is 2. The molecule has 1 heterocycles. The highest BCUT2D eigenvalue weighted by Gasteiger charge is 2.44. The first-order valence-corrected chi connectivity index (χ1v) is 12.1. The number of anilines is 1. The molecule has 1 saturated carbocycles. The van der Waals surface area contributed by atoms with Crippen molar-refractivity contribution in [3.8, 4) is 6.07 Å². The van der Waals surface area contributed by atoms with Crippen molar-refractivity contribution in [3.05, 3.63) is 59.2 Å². The number of rotatable bonds is 5. The van der Waals surface area contributed by atoms with E-state index in [4.69, 9.17) is 0 Å². The molecular weight excluding hydrogens is 410 g/mol. The van der Waals surface area contributed by atoms with Gasteiger partial charge in [0.1, 0.15) is 0 Å². The van der Waals surface area contributed by atoms with E-state index in [9.17, 15) is 18.5 Å². The molecule has 0 bridgehead atoms. The van der Waals surface area contributed by atoms with Gasteiger partial charge in [-0.05, 0) is 74.4 Å². The third kappa shape index (κ3) is 4.23. The molecule has 1 saturated heterocycles. The molecule has 7 heteroatoms. The molecule has 31 heavy (non-hydrogen) atoms. The second kappa shape index (κ2) is 8.10. The fourth-order valence-corrected chi connectivity index (χ4v) is 6.04. The van der Waals surface area contributed by atoms with Crippen LogP contribution in [0.15, 0.2) is 47.4 Å². The maximum absolute atomic E-state index is 13.2. The number of piperidine rings is 1. The predicted molar refractivity (Wildman–Crippen MR) is 119 cm³/mol. The molecule has 1 unspecified atom stereocenters. The molecule has 2 aromatic rings. The SMILES string of the molecule is Cc1ccc(C)c(S(=O)(=O)N2CCCC(C(=O)Nc3ccc(C4(C#N)CC4)cc3)C2)c1. The highest BCUT2D eigenvalue weighted by Crippen LogP contribution is 2.47. The molecule has 0 spiro atoms. The molecular formula is C24H27N3O3S. The fraction of sp³-hybridized carbons (Fsp3) is 0.417. The lowest BCUT2D eigenvalue weighted by atomic mass is 9.97. The number of carbonyl (C=O) groups excluding carboxylic acids is 1. The van der Waals surface area contributed by atoms with Crippen molar-refractivity contribution in [3.63, 3.8) is 0 Å². The summed E-state index contributed by atoms with van der Waals surface area (Å²) in [5.74, 6) is -0.572. The Kier molecular flexibility index (Phi) is 5.63. The Morgan fingerprint density at radius 3 is 2.52 bits per heavy atom. The maximum atomic E-state index is 13.2. The van der Waals surface area contributed by atoms with E-state index in [0.717, 1.165) is 24.0 Å². The van der Waals surface area contributed by atoms with E-state index < -0.39 is 15.9 Å². The van der Waals surface area contributed by atoms with Gasteiger partial charge in [0.2, 0.25) is 15.9 Å². The zero-order valence-electron chi connectivity index (χ0n) is 17.9. The third-order valence-corrected chi connectivity index (χ3v) is 8.39. The Balaban J connectivity index is 1.45. The van der Waals surface area contributed by atoms with Crippen molar-refractivity contribution in [2.24, 2.45) is 5.92 Å². The number of benzene rings is 2. The van der Waals surface area contributed by atoms with Crippen LogP contribution in [-0.4, -0.2) is 31.7 Å². The Morgan fingerprint density at radius 1 is 1.16 bits per heavy atom. The van der Waals surface area contributed by atoms with Crippen LogP contribution in [0.4, 0.5) is 5.69 Å². The number of hydrogen-bond donors (Lipinski definition) is 1. The van der Waals surface area contributed by atoms with Crippen LogP contribution >= 0.6 is 0 Å². The van der Waals surface area contributed by atoms with Gasteiger partial charge < -0.3 is 5.32 Å². The first kappa shape index (κ1) is 21.5. The molecule has 1 amide bonds. The molecule has 1 atom stereocenters. The zero-order chi connectivity index (χ0) is 22.2. The summed E-state index contributed by atoms with van der Waals surface area (Å²) in [6.07, 6.45) is 3.05. The Hall–Kier alpha value is -2.69. The van der Waals surface area contributed by atoms with Crippen LogP contribution in [0.25, 0.3) is 0 Å². The van der Waals surface area contributed by atoms with Crippen molar-refractivity contribution < 1.29 is 13.2 Å². The molecule has 1 N–H and O–H groups in total. The van der Waals surface area contributed by atoms with E-state index in [0.29, 0.717) is 35.5 Å². The Morgan fingerprint density at radius 2 is 1.87 bits per heavy atom. The Labute approximate surface area is 183 Å². The number of nitriles is 1. The minimum Gasteiger partial charge on any atom is -0.326 e. The van der Waals surface area contributed by atoms with Gasteiger partial charge in [0, 0.05) is 18.8 Å². The summed E-state index contributed by atoms with van der Waals surface area (Å²) in [4.78, 5) is 13.2. The van der Waals surface area contributed by atoms with E-state index in [1.807, 2.05) is 43.3 Å². The summed E-state index contributed by atoms with van der Waals surface area (Å²) in [6.45, 7) is 4.27. The van der Waals surface area contributed by atoms with Gasteiger partial charge in [-0.1, -0.05) is 24.3 Å². The molecule has 6 nitrogen and oxygen atoms in total. The summed E-state index contributed by atoms with van der Waals surface area (Å²) >= 11 is 0. The molecule has 2 aliphatic rings. The van der Waals surface area contributed by atoms with Gasteiger partial charge in [-0.25, -0.2) is 8.42 Å². The zero-order valence-corrected chi connectivity index (χ0v) is 18.7. The summed E-state index contributed by atoms with van der Waals surface area (Å²) < 4.78 is 27.9. The number of carbonyl (C=O) groups is 1. The van der Waals surface area contributed by atoms with Crippen molar-refractivity contribution in [2.45, 2.75) is 49.8 Å². The molecule has 2 aromatic carbocycles. The first-order chi connectivity index (χ1) is 14.7. The van der Waals surface area contributed by atoms with E-state index in [1.54, 1.807) is 13.0 Å². The number of hydrogen-bond acceptors (Lipinski definition) is 4. The topological polar surface area (TPSA) is 90.3 Å². The van der Waals surface area contributed by atoms with Gasteiger partial charge in [-0.2, -0.15) is 9.57 Å². The summed E-state index contributed by atoms with van der Waals surface area (Å²) in [6, 6.07) is 15.2. The van der Waals surface area contributed by atoms with Gasteiger partial charge in [-0.3, -0.25) is 4.79 Å². The third-order valence-electron chi connectivity index (χ3n) is 6.39. The largest absolute Gasteiger partial charge is 0.326 e. The van der Waals surface area contributed by atoms with Gasteiger partial charge in [-0.15, -0.1) is 0 Å². The molecule has 0 aromatic heterocycles. The minimum atomic E-state index is -3.65. The van der Waals surface area contributed by atoms with E-state index in [1.165, 1.54) is 4.31 Å². The number of nitrogens with zero attached hydrogens (tertiary/aromatic N) is 2. The predicted octanol–water partition coefficient (Wildman–Crippen LogP) is 3.90. The summed E-state index contributed by atoms with van der Waals surface area (Å²) in [5.41, 5.74) is 2.90. The molecule has 1 aliphatic carbocycles. The highest BCUT2D eigenvalue weighted by molar-refractivity contribution is 7.89. The minimum absolute atomic E-state index is 0.171. The fourth-order valence-electron chi connectivity index (χ4n) is 4.21. The van der Waals surface area contributed by atoms with E-state index >= 15 is 0 Å². The molecule has 1 aliphatic heterocycles. The number of amides is 1. The maximum Gasteiger partial charge on any atom is 0.243 e. The van der Waals surface area contributed by atoms with Gasteiger partial charge in [0.15, 0.2) is 0 Å². The van der Waals surface area contributed by atoms with Crippen LogP contribution in [0.3, 0.4) is 0 Å². The van der Waals surface area contributed by atoms with E-state index in [2.05, 4.69) is 11.4 Å². The second-order valence-corrected chi connectivity index (χ2v) is 10.6. The second-order valence-electron chi connectivity index (χ2n) is 8.73. The standard InChI is InChI=1S/C24H27N3O3S/c1-17-5-6-18(2)22(14-17)31(29,30)27-13-3-4-19(15-27)23(28)26-21-9-7-20(8-10-21)24(16-25)11-12-24/h5-10,14,19H,3-4,11-13,15H2,1-2H3,(H,26,28). The quantitative estimate of drug-likeness (QED) is 0.768. The van der Waals surface area contributed by atoms with Crippen molar-refractivity contribution in [1.29, 1.82) is 5.26 Å². The average Bonchev–Trinajstić information content (AvgIpc) is 3.57. The lowest BCUT2D eigenvalue weighted by Gasteiger charge is -2.31. The average molecular weight is 438 g/mol. The molecule has 4 rings (SSSR count). The van der Waals surface area contributed by atoms with Crippen LogP contribution in [0.1, 0.15) is 42.4 Å². The van der Waals surface area contributed by atoms with Crippen LogP contribution in [0.2, 0.25) is 0 Å². The van der Waals surface area contributed by atoms with Crippen LogP contribution < -0.4 is 5.32 Å². The lowest BCUT2D eigenvalue weighted by molar-refractivity contribution is -0.120. The normalized spacial score (nSPS) is 20.6. The van der Waals surface area contributed by atoms with Crippen LogP contribution in [0.5, 0.6) is 0 Å². The number of sulfonamides is 1. The van der Waals surface area contributed by atoms with Gasteiger partial charge in [0.25, 0.3) is 0 Å².